The van der Waals surface area contributed by atoms with Crippen LogP contribution in [0.4, 0.5) is 26.0 Å². The fraction of sp³-hybridized carbons (Fsp3) is 0.125. The minimum atomic E-state index is -0.901. The van der Waals surface area contributed by atoms with Gasteiger partial charge in [-0.2, -0.15) is 0 Å². The second-order valence-corrected chi connectivity index (χ2v) is 5.29. The third kappa shape index (κ3) is 2.90. The third-order valence-electron chi connectivity index (χ3n) is 3.35. The molecule has 124 valence electrons. The largest absolute Gasteiger partial charge is 0.492 e. The van der Waals surface area contributed by atoms with Crippen LogP contribution in [0, 0.1) is 11.6 Å². The van der Waals surface area contributed by atoms with Crippen molar-refractivity contribution in [3.63, 3.8) is 0 Å². The Morgan fingerprint density at radius 1 is 1.25 bits per heavy atom. The van der Waals surface area contributed by atoms with E-state index in [0.717, 1.165) is 6.07 Å². The molecule has 0 saturated heterocycles. The summed E-state index contributed by atoms with van der Waals surface area (Å²) in [6, 6.07) is 5.61. The molecule has 0 aliphatic carbocycles. The highest BCUT2D eigenvalue weighted by atomic mass is 35.5. The van der Waals surface area contributed by atoms with Gasteiger partial charge in [-0.3, -0.25) is 0 Å². The molecule has 0 amide bonds. The molecule has 0 aliphatic rings. The van der Waals surface area contributed by atoms with Crippen LogP contribution in [0.1, 0.15) is 6.92 Å². The van der Waals surface area contributed by atoms with Crippen LogP contribution in [0.25, 0.3) is 10.9 Å². The number of ether oxygens (including phenoxy) is 1. The van der Waals surface area contributed by atoms with Crippen molar-refractivity contribution in [1.29, 1.82) is 0 Å². The van der Waals surface area contributed by atoms with E-state index in [2.05, 4.69) is 15.3 Å². The zero-order valence-corrected chi connectivity index (χ0v) is 13.4. The van der Waals surface area contributed by atoms with Crippen molar-refractivity contribution in [2.75, 3.05) is 17.7 Å². The summed E-state index contributed by atoms with van der Waals surface area (Å²) in [4.78, 5) is 8.25. The Hall–Kier alpha value is -2.67. The van der Waals surface area contributed by atoms with Gasteiger partial charge in [0.25, 0.3) is 0 Å². The number of nitrogens with zero attached hydrogens (tertiary/aromatic N) is 2. The number of rotatable bonds is 4. The highest BCUT2D eigenvalue weighted by Crippen LogP contribution is 2.33. The van der Waals surface area contributed by atoms with Gasteiger partial charge in [0.15, 0.2) is 5.82 Å². The minimum Gasteiger partial charge on any atom is -0.492 e. The van der Waals surface area contributed by atoms with E-state index in [9.17, 15) is 8.78 Å². The van der Waals surface area contributed by atoms with Crippen LogP contribution in [0.3, 0.4) is 0 Å². The molecule has 8 heteroatoms. The maximum atomic E-state index is 14.1. The first kappa shape index (κ1) is 16.2. The summed E-state index contributed by atoms with van der Waals surface area (Å²) < 4.78 is 32.8. The van der Waals surface area contributed by atoms with Gasteiger partial charge in [-0.05, 0) is 25.1 Å². The molecule has 3 N–H and O–H groups in total. The fourth-order valence-corrected chi connectivity index (χ4v) is 2.40. The molecule has 5 nitrogen and oxygen atoms in total. The second-order valence-electron chi connectivity index (χ2n) is 4.91. The van der Waals surface area contributed by atoms with E-state index < -0.39 is 16.7 Å². The van der Waals surface area contributed by atoms with Crippen LogP contribution < -0.4 is 15.8 Å². The molecule has 0 atom stereocenters. The molecule has 0 aliphatic heterocycles. The highest BCUT2D eigenvalue weighted by molar-refractivity contribution is 6.31. The molecule has 0 bridgehead atoms. The van der Waals surface area contributed by atoms with Crippen LogP contribution in [0.15, 0.2) is 30.6 Å². The quantitative estimate of drug-likeness (QED) is 0.542. The first-order valence-corrected chi connectivity index (χ1v) is 7.46. The zero-order chi connectivity index (χ0) is 17.3. The Labute approximate surface area is 141 Å². The van der Waals surface area contributed by atoms with Crippen LogP contribution in [-0.4, -0.2) is 16.6 Å². The van der Waals surface area contributed by atoms with Crippen molar-refractivity contribution in [3.8, 4) is 5.75 Å². The summed E-state index contributed by atoms with van der Waals surface area (Å²) in [5.41, 5.74) is 6.92. The summed E-state index contributed by atoms with van der Waals surface area (Å²) in [5.74, 6) is -0.915. The van der Waals surface area contributed by atoms with Gasteiger partial charge in [-0.15, -0.1) is 0 Å². The highest BCUT2D eigenvalue weighted by Gasteiger charge is 2.14. The van der Waals surface area contributed by atoms with Gasteiger partial charge in [-0.1, -0.05) is 11.6 Å². The molecule has 0 fully saturated rings. The van der Waals surface area contributed by atoms with Crippen molar-refractivity contribution in [3.05, 3.63) is 47.2 Å². The van der Waals surface area contributed by atoms with Gasteiger partial charge in [0.2, 0.25) is 0 Å². The number of nitrogen functional groups attached to an aromatic ring is 1. The van der Waals surface area contributed by atoms with E-state index in [0.29, 0.717) is 34.8 Å². The average Bonchev–Trinajstić information content (AvgIpc) is 2.57. The van der Waals surface area contributed by atoms with Crippen molar-refractivity contribution in [2.45, 2.75) is 6.92 Å². The number of hydrogen-bond donors (Lipinski definition) is 2. The molecule has 1 aromatic heterocycles. The summed E-state index contributed by atoms with van der Waals surface area (Å²) in [6.45, 7) is 2.31. The van der Waals surface area contributed by atoms with E-state index >= 15 is 0 Å². The lowest BCUT2D eigenvalue weighted by Crippen LogP contribution is -2.01. The number of nitrogens with one attached hydrogen (secondary N) is 1. The Morgan fingerprint density at radius 2 is 2.04 bits per heavy atom. The second kappa shape index (κ2) is 6.45. The lowest BCUT2D eigenvalue weighted by Gasteiger charge is -2.12. The van der Waals surface area contributed by atoms with Gasteiger partial charge in [0.05, 0.1) is 23.5 Å². The predicted molar refractivity (Wildman–Crippen MR) is 89.8 cm³/mol. The summed E-state index contributed by atoms with van der Waals surface area (Å²) in [6.07, 6.45) is 1.32. The summed E-state index contributed by atoms with van der Waals surface area (Å²) in [7, 11) is 0. The molecular weight excluding hydrogens is 338 g/mol. The smallest absolute Gasteiger partial charge is 0.168 e. The molecule has 3 aromatic rings. The first-order valence-electron chi connectivity index (χ1n) is 7.08. The molecular formula is C16H13ClF2N4O. The lowest BCUT2D eigenvalue weighted by molar-refractivity contribution is 0.342. The monoisotopic (exact) mass is 350 g/mol. The van der Waals surface area contributed by atoms with Crippen molar-refractivity contribution >= 4 is 39.7 Å². The Bertz CT molecular complexity index is 920. The summed E-state index contributed by atoms with van der Waals surface area (Å²) in [5, 5.41) is 2.77. The van der Waals surface area contributed by atoms with Crippen molar-refractivity contribution < 1.29 is 13.5 Å². The topological polar surface area (TPSA) is 73.1 Å². The zero-order valence-electron chi connectivity index (χ0n) is 12.6. The minimum absolute atomic E-state index is 0.00569. The normalized spacial score (nSPS) is 10.8. The Kier molecular flexibility index (Phi) is 4.35. The van der Waals surface area contributed by atoms with E-state index in [1.807, 2.05) is 6.92 Å². The number of hydrogen-bond acceptors (Lipinski definition) is 5. The Balaban J connectivity index is 2.07. The fourth-order valence-electron chi connectivity index (χ4n) is 2.23. The van der Waals surface area contributed by atoms with Gasteiger partial charge >= 0.3 is 0 Å². The molecule has 0 spiro atoms. The lowest BCUT2D eigenvalue weighted by atomic mass is 10.2. The standard InChI is InChI=1S/C16H13ClF2N4O/c1-2-24-13-6-12-8(5-10(13)20)16(22-7-21-12)23-11-4-3-9(18)14(17)15(11)19/h3-7H,2,20H2,1H3,(H,21,22,23). The van der Waals surface area contributed by atoms with Gasteiger partial charge in [0, 0.05) is 11.5 Å². The molecule has 0 unspecified atom stereocenters. The van der Waals surface area contributed by atoms with Crippen LogP contribution in [-0.2, 0) is 0 Å². The third-order valence-corrected chi connectivity index (χ3v) is 3.70. The Morgan fingerprint density at radius 3 is 2.79 bits per heavy atom. The number of halogens is 3. The van der Waals surface area contributed by atoms with Crippen LogP contribution in [0.2, 0.25) is 5.02 Å². The predicted octanol–water partition coefficient (Wildman–Crippen LogP) is 4.29. The molecule has 1 heterocycles. The van der Waals surface area contributed by atoms with E-state index in [4.69, 9.17) is 22.1 Å². The molecule has 2 aromatic carbocycles. The SMILES string of the molecule is CCOc1cc2ncnc(Nc3ccc(F)c(Cl)c3F)c2cc1N. The number of benzene rings is 2. The number of fused-ring (bicyclic) bond motifs is 1. The van der Waals surface area contributed by atoms with Gasteiger partial charge in [0.1, 0.15) is 28.7 Å². The maximum absolute atomic E-state index is 14.1. The molecule has 24 heavy (non-hydrogen) atoms. The van der Waals surface area contributed by atoms with Gasteiger partial charge in [-0.25, -0.2) is 18.7 Å². The first-order chi connectivity index (χ1) is 11.5. The van der Waals surface area contributed by atoms with E-state index in [1.165, 1.54) is 12.4 Å². The number of nitrogens with two attached hydrogens (primary N) is 1. The number of aromatic nitrogens is 2. The molecule has 0 saturated carbocycles. The number of anilines is 3. The average molecular weight is 351 g/mol. The maximum Gasteiger partial charge on any atom is 0.168 e. The van der Waals surface area contributed by atoms with E-state index in [-0.39, 0.29) is 5.69 Å². The van der Waals surface area contributed by atoms with Crippen molar-refractivity contribution in [2.24, 2.45) is 0 Å². The van der Waals surface area contributed by atoms with Crippen LogP contribution >= 0.6 is 11.6 Å². The van der Waals surface area contributed by atoms with E-state index in [1.54, 1.807) is 12.1 Å². The van der Waals surface area contributed by atoms with Crippen LogP contribution in [0.5, 0.6) is 5.75 Å². The van der Waals surface area contributed by atoms with Gasteiger partial charge < -0.3 is 15.8 Å². The van der Waals surface area contributed by atoms with Crippen molar-refractivity contribution in [1.82, 2.24) is 9.97 Å². The molecule has 0 radical (unpaired) electrons. The molecule has 3 rings (SSSR count). The summed E-state index contributed by atoms with van der Waals surface area (Å²) >= 11 is 5.59.